The molecule has 0 amide bonds. The summed E-state index contributed by atoms with van der Waals surface area (Å²) in [5, 5.41) is 16.5. The lowest BCUT2D eigenvalue weighted by molar-refractivity contribution is -0.123. The Bertz CT molecular complexity index is 1120. The molecular formula is C33H46N2O3. The van der Waals surface area contributed by atoms with E-state index in [1.54, 1.807) is 7.11 Å². The smallest absolute Gasteiger partial charge is 0.206 e. The summed E-state index contributed by atoms with van der Waals surface area (Å²) in [6.45, 7) is 13.0. The van der Waals surface area contributed by atoms with E-state index in [0.717, 1.165) is 23.1 Å². The quantitative estimate of drug-likeness (QED) is 0.177. The number of carbonyl (C=O) groups excluding carboxylic acids is 2. The number of benzene rings is 2. The first-order chi connectivity index (χ1) is 17.9. The molecule has 0 radical (unpaired) electrons. The first-order valence-electron chi connectivity index (χ1n) is 13.7. The van der Waals surface area contributed by atoms with Crippen molar-refractivity contribution >= 4 is 23.5 Å². The molecular weight excluding hydrogens is 472 g/mol. The Morgan fingerprint density at radius 3 is 2.24 bits per heavy atom. The Morgan fingerprint density at radius 2 is 1.66 bits per heavy atom. The van der Waals surface area contributed by atoms with Gasteiger partial charge in [0.2, 0.25) is 5.78 Å². The number of rotatable bonds is 16. The maximum atomic E-state index is 13.3. The second kappa shape index (κ2) is 14.3. The highest BCUT2D eigenvalue weighted by Crippen LogP contribution is 2.32. The van der Waals surface area contributed by atoms with Gasteiger partial charge in [0.15, 0.2) is 0 Å². The fraction of sp³-hybridized carbons (Fsp3) is 0.515. The normalized spacial score (nSPS) is 13.3. The second-order valence-electron chi connectivity index (χ2n) is 11.7. The first-order valence-corrected chi connectivity index (χ1v) is 13.7. The van der Waals surface area contributed by atoms with E-state index in [-0.39, 0.29) is 28.6 Å². The van der Waals surface area contributed by atoms with Gasteiger partial charge < -0.3 is 15.6 Å². The van der Waals surface area contributed by atoms with Crippen molar-refractivity contribution < 1.29 is 14.3 Å². The van der Waals surface area contributed by atoms with Crippen LogP contribution >= 0.6 is 0 Å². The number of hydrogen-bond donors (Lipinski definition) is 2. The van der Waals surface area contributed by atoms with E-state index in [2.05, 4.69) is 52.0 Å². The molecule has 0 aliphatic carbocycles. The zero-order valence-corrected chi connectivity index (χ0v) is 24.3. The van der Waals surface area contributed by atoms with Crippen LogP contribution in [0.25, 0.3) is 0 Å². The molecule has 2 aromatic rings. The van der Waals surface area contributed by atoms with Gasteiger partial charge in [-0.1, -0.05) is 69.2 Å². The highest BCUT2D eigenvalue weighted by Gasteiger charge is 2.29. The molecule has 0 spiro atoms. The Balaban J connectivity index is 2.13. The van der Waals surface area contributed by atoms with E-state index in [1.807, 2.05) is 32.0 Å². The van der Waals surface area contributed by atoms with Crippen LogP contribution in [0.5, 0.6) is 0 Å². The van der Waals surface area contributed by atoms with Crippen LogP contribution in [-0.2, 0) is 16.0 Å². The minimum absolute atomic E-state index is 0.0331. The molecule has 0 fully saturated rings. The molecule has 0 bridgehead atoms. The predicted molar refractivity (Wildman–Crippen MR) is 157 cm³/mol. The average Bonchev–Trinajstić information content (AvgIpc) is 2.86. The van der Waals surface area contributed by atoms with Gasteiger partial charge >= 0.3 is 0 Å². The molecule has 2 N–H and O–H groups in total. The summed E-state index contributed by atoms with van der Waals surface area (Å²) in [5.41, 5.74) is 4.68. The van der Waals surface area contributed by atoms with Crippen molar-refractivity contribution in [3.63, 3.8) is 0 Å². The highest BCUT2D eigenvalue weighted by atomic mass is 16.5. The minimum atomic E-state index is -0.429. The maximum absolute atomic E-state index is 13.3. The van der Waals surface area contributed by atoms with E-state index in [4.69, 9.17) is 15.6 Å². The summed E-state index contributed by atoms with van der Waals surface area (Å²) in [6.07, 6.45) is 3.94. The average molecular weight is 519 g/mol. The Morgan fingerprint density at radius 1 is 1.00 bits per heavy atom. The lowest BCUT2D eigenvalue weighted by Gasteiger charge is -2.29. The summed E-state index contributed by atoms with van der Waals surface area (Å²) in [7, 11) is 1.67. The molecule has 2 atom stereocenters. The molecule has 0 aliphatic rings. The van der Waals surface area contributed by atoms with Crippen LogP contribution in [-0.4, -0.2) is 37.2 Å². The van der Waals surface area contributed by atoms with Crippen LogP contribution in [0.4, 0.5) is 0 Å². The maximum Gasteiger partial charge on any atom is 0.206 e. The Kier molecular flexibility index (Phi) is 11.8. The number of aryl methyl sites for hydroxylation is 3. The van der Waals surface area contributed by atoms with Gasteiger partial charge in [-0.05, 0) is 80.0 Å². The SMILES string of the molecule is COCC[C@H](CC(=N)C(=O)c1cc(C)cc(CCC(C=N)C(=O)CC(C)(C)C(C)C)c1)c1ccc(C)cc1. The zero-order chi connectivity index (χ0) is 28.5. The number of nitrogens with one attached hydrogen (secondary N) is 2. The largest absolute Gasteiger partial charge is 0.385 e. The van der Waals surface area contributed by atoms with Crippen molar-refractivity contribution in [3.05, 3.63) is 70.3 Å². The standard InChI is InChI=1S/C33H46N2O3/c1-22(2)33(5,6)20-31(36)28(21-34)13-10-25-16-24(4)17-29(18-25)32(37)30(35)19-27(14-15-38-7)26-11-8-23(3)9-12-26/h8-9,11-12,16-18,21-22,27-28,34-35H,10,13-15,19-20H2,1-7H3/t27-,28?/m1/s1. The number of methoxy groups -OCH3 is 1. The number of Topliss-reactive ketones (excluding diaryl/α,β-unsaturated/α-hetero) is 2. The van der Waals surface area contributed by atoms with Crippen LogP contribution in [0.2, 0.25) is 0 Å². The minimum Gasteiger partial charge on any atom is -0.385 e. The zero-order valence-electron chi connectivity index (χ0n) is 24.3. The molecule has 1 unspecified atom stereocenters. The van der Waals surface area contributed by atoms with Crippen LogP contribution in [0.3, 0.4) is 0 Å². The highest BCUT2D eigenvalue weighted by molar-refractivity contribution is 6.45. The van der Waals surface area contributed by atoms with Gasteiger partial charge in [-0.15, -0.1) is 0 Å². The molecule has 38 heavy (non-hydrogen) atoms. The number of ether oxygens (including phenoxy) is 1. The molecule has 0 aliphatic heterocycles. The Labute approximate surface area is 229 Å². The fourth-order valence-electron chi connectivity index (χ4n) is 4.58. The second-order valence-corrected chi connectivity index (χ2v) is 11.7. The summed E-state index contributed by atoms with van der Waals surface area (Å²) >= 11 is 0. The van der Waals surface area contributed by atoms with Gasteiger partial charge in [0.05, 0.1) is 11.6 Å². The summed E-state index contributed by atoms with van der Waals surface area (Å²) in [4.78, 5) is 26.2. The molecule has 0 saturated carbocycles. The van der Waals surface area contributed by atoms with E-state index in [1.165, 1.54) is 11.8 Å². The third-order valence-corrected chi connectivity index (χ3v) is 7.89. The van der Waals surface area contributed by atoms with Gasteiger partial charge in [-0.2, -0.15) is 0 Å². The van der Waals surface area contributed by atoms with E-state index in [9.17, 15) is 9.59 Å². The predicted octanol–water partition coefficient (Wildman–Crippen LogP) is 7.56. The molecule has 0 heterocycles. The van der Waals surface area contributed by atoms with Gasteiger partial charge in [-0.25, -0.2) is 0 Å². The van der Waals surface area contributed by atoms with Crippen LogP contribution in [0.1, 0.15) is 91.9 Å². The number of carbonyl (C=O) groups is 2. The van der Waals surface area contributed by atoms with Crippen molar-refractivity contribution in [2.75, 3.05) is 13.7 Å². The molecule has 0 aromatic heterocycles. The first kappa shape index (κ1) is 31.3. The van der Waals surface area contributed by atoms with E-state index in [0.29, 0.717) is 43.8 Å². The van der Waals surface area contributed by atoms with Crippen molar-refractivity contribution in [2.45, 2.75) is 79.6 Å². The molecule has 2 aromatic carbocycles. The van der Waals surface area contributed by atoms with Crippen molar-refractivity contribution in [1.29, 1.82) is 10.8 Å². The van der Waals surface area contributed by atoms with E-state index >= 15 is 0 Å². The lowest BCUT2D eigenvalue weighted by atomic mass is 9.75. The van der Waals surface area contributed by atoms with Gasteiger partial charge in [0, 0.05) is 31.9 Å². The molecule has 5 heteroatoms. The molecule has 0 saturated heterocycles. The van der Waals surface area contributed by atoms with Crippen LogP contribution < -0.4 is 0 Å². The van der Waals surface area contributed by atoms with Crippen molar-refractivity contribution in [3.8, 4) is 0 Å². The van der Waals surface area contributed by atoms with Crippen molar-refractivity contribution in [2.24, 2.45) is 17.3 Å². The summed E-state index contributed by atoms with van der Waals surface area (Å²) in [5.74, 6) is -0.183. The number of hydrogen-bond acceptors (Lipinski definition) is 5. The van der Waals surface area contributed by atoms with Gasteiger partial charge in [-0.3, -0.25) is 9.59 Å². The lowest BCUT2D eigenvalue weighted by Crippen LogP contribution is -2.28. The third kappa shape index (κ3) is 9.13. The monoisotopic (exact) mass is 518 g/mol. The van der Waals surface area contributed by atoms with Crippen LogP contribution in [0.15, 0.2) is 42.5 Å². The van der Waals surface area contributed by atoms with E-state index < -0.39 is 5.92 Å². The van der Waals surface area contributed by atoms with Crippen molar-refractivity contribution in [1.82, 2.24) is 0 Å². The topological polar surface area (TPSA) is 91.1 Å². The van der Waals surface area contributed by atoms with Crippen LogP contribution in [0, 0.1) is 41.9 Å². The summed E-state index contributed by atoms with van der Waals surface area (Å²) < 4.78 is 5.29. The van der Waals surface area contributed by atoms with Gasteiger partial charge in [0.1, 0.15) is 5.78 Å². The fourth-order valence-corrected chi connectivity index (χ4v) is 4.58. The molecule has 5 nitrogen and oxygen atoms in total. The third-order valence-electron chi connectivity index (χ3n) is 7.89. The van der Waals surface area contributed by atoms with Gasteiger partial charge in [0.25, 0.3) is 0 Å². The molecule has 2 rings (SSSR count). The summed E-state index contributed by atoms with van der Waals surface area (Å²) in [6, 6.07) is 14.0. The Hall–Kier alpha value is -2.92. The molecule has 206 valence electrons. The number of ketones is 2.